The molecule has 1 saturated heterocycles. The van der Waals surface area contributed by atoms with Gasteiger partial charge in [0, 0.05) is 41.9 Å². The largest absolute Gasteiger partial charge is 0.437 e. The number of nitrogens with zero attached hydrogens (tertiary/aromatic N) is 3. The van der Waals surface area contributed by atoms with Gasteiger partial charge in [-0.05, 0) is 35.7 Å². The van der Waals surface area contributed by atoms with E-state index in [0.717, 1.165) is 29.9 Å². The molecule has 0 spiro atoms. The van der Waals surface area contributed by atoms with E-state index in [-0.39, 0.29) is 11.8 Å². The van der Waals surface area contributed by atoms with Crippen molar-refractivity contribution in [1.29, 1.82) is 0 Å². The highest BCUT2D eigenvalue weighted by molar-refractivity contribution is 5.99. The average molecular weight is 459 g/mol. The summed E-state index contributed by atoms with van der Waals surface area (Å²) >= 11 is 0. The summed E-state index contributed by atoms with van der Waals surface area (Å²) in [5, 5.41) is 23.5. The number of rotatable bonds is 6. The minimum Gasteiger partial charge on any atom is -0.437 e. The summed E-state index contributed by atoms with van der Waals surface area (Å²) < 4.78 is 6.00. The summed E-state index contributed by atoms with van der Waals surface area (Å²) in [4.78, 5) is 13.9. The van der Waals surface area contributed by atoms with Gasteiger partial charge >= 0.3 is 0 Å². The summed E-state index contributed by atoms with van der Waals surface area (Å²) in [7, 11) is 2.05. The molecule has 2 aromatic carbocycles. The molecule has 3 aromatic rings. The second kappa shape index (κ2) is 8.18. The van der Waals surface area contributed by atoms with Gasteiger partial charge in [-0.2, -0.15) is 5.10 Å². The number of carbonyl (C=O) groups is 1. The van der Waals surface area contributed by atoms with E-state index >= 15 is 0 Å². The van der Waals surface area contributed by atoms with Crippen LogP contribution in [0.3, 0.4) is 0 Å². The molecular weight excluding hydrogens is 428 g/mol. The third-order valence-electron chi connectivity index (χ3n) is 7.09. The van der Waals surface area contributed by atoms with Gasteiger partial charge in [0.25, 0.3) is 0 Å². The van der Waals surface area contributed by atoms with Crippen LogP contribution in [-0.4, -0.2) is 46.2 Å². The molecule has 1 amide bonds. The van der Waals surface area contributed by atoms with Crippen LogP contribution in [0.5, 0.6) is 11.6 Å². The highest BCUT2D eigenvalue weighted by atomic mass is 16.5. The molecule has 7 nitrogen and oxygen atoms in total. The van der Waals surface area contributed by atoms with Crippen molar-refractivity contribution < 1.29 is 14.6 Å². The molecule has 1 aromatic heterocycles. The zero-order valence-electron chi connectivity index (χ0n) is 20.0. The maximum absolute atomic E-state index is 12.3. The van der Waals surface area contributed by atoms with Crippen LogP contribution in [-0.2, 0) is 16.8 Å². The number of ether oxygens (including phenoxy) is 1. The predicted molar refractivity (Wildman–Crippen MR) is 130 cm³/mol. The number of fused-ring (bicyclic) bond motifs is 1. The van der Waals surface area contributed by atoms with E-state index < -0.39 is 11.0 Å². The van der Waals surface area contributed by atoms with Gasteiger partial charge in [-0.15, -0.1) is 5.10 Å². The van der Waals surface area contributed by atoms with E-state index in [4.69, 9.17) is 4.74 Å². The van der Waals surface area contributed by atoms with Crippen LogP contribution in [0.4, 0.5) is 5.69 Å². The Labute approximate surface area is 199 Å². The monoisotopic (exact) mass is 458 g/mol. The van der Waals surface area contributed by atoms with E-state index in [9.17, 15) is 9.90 Å². The van der Waals surface area contributed by atoms with Crippen molar-refractivity contribution in [3.05, 3.63) is 77.0 Å². The second-order valence-electron chi connectivity index (χ2n) is 10.1. The molecule has 1 fully saturated rings. The zero-order chi connectivity index (χ0) is 24.1. The highest BCUT2D eigenvalue weighted by Crippen LogP contribution is 2.50. The van der Waals surface area contributed by atoms with Crippen molar-refractivity contribution in [2.45, 2.75) is 38.7 Å². The number of benzene rings is 2. The highest BCUT2D eigenvalue weighted by Gasteiger charge is 2.55. The summed E-state index contributed by atoms with van der Waals surface area (Å²) in [5.41, 5.74) is 2.71. The first-order valence-corrected chi connectivity index (χ1v) is 11.6. The Balaban J connectivity index is 1.51. The molecule has 34 heavy (non-hydrogen) atoms. The van der Waals surface area contributed by atoms with Gasteiger partial charge in [-0.3, -0.25) is 4.79 Å². The second-order valence-corrected chi connectivity index (χ2v) is 10.1. The molecule has 5 rings (SSSR count). The lowest BCUT2D eigenvalue weighted by Gasteiger charge is -2.55. The Morgan fingerprint density at radius 1 is 1.12 bits per heavy atom. The predicted octanol–water partition coefficient (Wildman–Crippen LogP) is 4.07. The number of amides is 1. The standard InChI is InChI=1S/C27H30N4O3/c1-17(2)18-5-8-20(9-6-18)27(33,26(3)15-31(4)16-26)21-12-25(30-28-14-21)34-22-10-7-19-11-24(32)29-23(19)13-22/h5-10,12-14,17,33H,11,15-16H2,1-4H3,(H,29,32)/t27-/m0/s1. The normalized spacial score (nSPS) is 18.7. The molecule has 0 saturated carbocycles. The molecule has 0 radical (unpaired) electrons. The first kappa shape index (κ1) is 22.5. The van der Waals surface area contributed by atoms with Crippen LogP contribution in [0.2, 0.25) is 0 Å². The molecule has 7 heteroatoms. The van der Waals surface area contributed by atoms with Crippen LogP contribution < -0.4 is 10.1 Å². The SMILES string of the molecule is CC(C)c1ccc([C@](O)(c2cnnc(Oc3ccc4c(c3)NC(=O)C4)c2)C2(C)CN(C)C2)cc1. The third-order valence-corrected chi connectivity index (χ3v) is 7.09. The summed E-state index contributed by atoms with van der Waals surface area (Å²) in [5.74, 6) is 1.22. The Morgan fingerprint density at radius 3 is 2.53 bits per heavy atom. The van der Waals surface area contributed by atoms with Crippen LogP contribution in [0.15, 0.2) is 54.7 Å². The smallest absolute Gasteiger partial charge is 0.239 e. The first-order valence-electron chi connectivity index (χ1n) is 11.6. The maximum atomic E-state index is 12.3. The van der Waals surface area contributed by atoms with Gasteiger partial charge in [0.2, 0.25) is 11.8 Å². The van der Waals surface area contributed by atoms with Crippen molar-refractivity contribution in [1.82, 2.24) is 15.1 Å². The number of anilines is 1. The molecule has 2 aliphatic rings. The Kier molecular flexibility index (Phi) is 5.41. The van der Waals surface area contributed by atoms with Crippen LogP contribution in [0.25, 0.3) is 0 Å². The molecule has 0 bridgehead atoms. The van der Waals surface area contributed by atoms with Crippen molar-refractivity contribution in [3.8, 4) is 11.6 Å². The fourth-order valence-electron chi connectivity index (χ4n) is 5.32. The maximum Gasteiger partial charge on any atom is 0.239 e. The van der Waals surface area contributed by atoms with E-state index in [1.54, 1.807) is 18.3 Å². The van der Waals surface area contributed by atoms with Gasteiger partial charge < -0.3 is 20.1 Å². The molecular formula is C27H30N4O3. The number of aliphatic hydroxyl groups is 1. The average Bonchev–Trinajstić information content (AvgIpc) is 3.17. The molecule has 2 aliphatic heterocycles. The Morgan fingerprint density at radius 2 is 1.85 bits per heavy atom. The Bertz CT molecular complexity index is 1230. The number of aromatic nitrogens is 2. The van der Waals surface area contributed by atoms with Gasteiger partial charge in [-0.1, -0.05) is 51.1 Å². The van der Waals surface area contributed by atoms with Crippen molar-refractivity contribution in [2.24, 2.45) is 5.41 Å². The van der Waals surface area contributed by atoms with E-state index in [1.165, 1.54) is 5.56 Å². The molecule has 1 atom stereocenters. The van der Waals surface area contributed by atoms with Crippen LogP contribution >= 0.6 is 0 Å². The number of carbonyl (C=O) groups excluding carboxylic acids is 1. The van der Waals surface area contributed by atoms with Crippen LogP contribution in [0, 0.1) is 5.41 Å². The van der Waals surface area contributed by atoms with Gasteiger partial charge in [0.1, 0.15) is 11.4 Å². The van der Waals surface area contributed by atoms with Gasteiger partial charge in [0.05, 0.1) is 12.6 Å². The minimum absolute atomic E-state index is 0.0267. The van der Waals surface area contributed by atoms with E-state index in [2.05, 4.69) is 60.4 Å². The molecule has 0 aliphatic carbocycles. The summed E-state index contributed by atoms with van der Waals surface area (Å²) in [6, 6.07) is 15.4. The fourth-order valence-corrected chi connectivity index (χ4v) is 5.32. The van der Waals surface area contributed by atoms with Gasteiger partial charge in [0.15, 0.2) is 0 Å². The lowest BCUT2D eigenvalue weighted by Crippen LogP contribution is -2.63. The van der Waals surface area contributed by atoms with Crippen molar-refractivity contribution >= 4 is 11.6 Å². The number of hydrogen-bond acceptors (Lipinski definition) is 6. The number of likely N-dealkylation sites (tertiary alicyclic amines) is 1. The quantitative estimate of drug-likeness (QED) is 0.579. The lowest BCUT2D eigenvalue weighted by atomic mass is 9.62. The summed E-state index contributed by atoms with van der Waals surface area (Å²) in [6.07, 6.45) is 2.00. The Hall–Kier alpha value is -3.29. The zero-order valence-corrected chi connectivity index (χ0v) is 20.0. The van der Waals surface area contributed by atoms with E-state index in [1.807, 2.05) is 24.3 Å². The minimum atomic E-state index is -1.27. The fraction of sp³-hybridized carbons (Fsp3) is 0.370. The summed E-state index contributed by atoms with van der Waals surface area (Å²) in [6.45, 7) is 7.92. The van der Waals surface area contributed by atoms with Crippen molar-refractivity contribution in [2.75, 3.05) is 25.5 Å². The molecule has 3 heterocycles. The molecule has 176 valence electrons. The number of hydrogen-bond donors (Lipinski definition) is 2. The topological polar surface area (TPSA) is 87.6 Å². The van der Waals surface area contributed by atoms with Gasteiger partial charge in [-0.25, -0.2) is 0 Å². The van der Waals surface area contributed by atoms with Crippen LogP contribution in [0.1, 0.15) is 48.9 Å². The number of nitrogens with one attached hydrogen (secondary N) is 1. The third kappa shape index (κ3) is 3.75. The first-order chi connectivity index (χ1) is 16.2. The molecule has 0 unspecified atom stereocenters. The van der Waals surface area contributed by atoms with E-state index in [0.29, 0.717) is 23.7 Å². The lowest BCUT2D eigenvalue weighted by molar-refractivity contribution is -0.127. The van der Waals surface area contributed by atoms with Crippen molar-refractivity contribution in [3.63, 3.8) is 0 Å². The molecule has 2 N–H and O–H groups in total.